The second-order valence-electron chi connectivity index (χ2n) is 7.00. The quantitative estimate of drug-likeness (QED) is 0.458. The molecule has 11 nitrogen and oxygen atoms in total. The van der Waals surface area contributed by atoms with Crippen LogP contribution in [-0.4, -0.2) is 91.7 Å². The first-order valence-electron chi connectivity index (χ1n) is 9.78. The molecule has 1 aromatic rings. The third-order valence-corrected chi connectivity index (χ3v) is 4.98. The third-order valence-electron chi connectivity index (χ3n) is 4.98. The number of pyridine rings is 1. The van der Waals surface area contributed by atoms with Gasteiger partial charge in [0.1, 0.15) is 19.3 Å². The number of hydrogen-bond acceptors (Lipinski definition) is 9. The van der Waals surface area contributed by atoms with Gasteiger partial charge >= 0.3 is 12.3 Å². The lowest BCUT2D eigenvalue weighted by molar-refractivity contribution is -0.172. The Morgan fingerprint density at radius 2 is 1.97 bits per heavy atom. The Morgan fingerprint density at radius 1 is 1.25 bits per heavy atom. The smallest absolute Gasteiger partial charge is 0.451 e. The number of rotatable bonds is 7. The molecule has 3 heterocycles. The summed E-state index contributed by atoms with van der Waals surface area (Å²) in [6.45, 7) is 2.81. The van der Waals surface area contributed by atoms with Crippen molar-refractivity contribution < 1.29 is 41.7 Å². The van der Waals surface area contributed by atoms with E-state index in [0.717, 1.165) is 30.8 Å². The number of halogens is 3. The molecule has 0 unspecified atom stereocenters. The normalized spacial score (nSPS) is 17.9. The SMILES string of the molecule is C[C@@H](N1CNn2ccc(=O)c(OCOC(=O)OCCN3CCOCC3)c2C1=O)C(F)(F)F. The topological polar surface area (TPSA) is 112 Å². The molecule has 2 aliphatic rings. The largest absolute Gasteiger partial charge is 0.511 e. The molecule has 14 heteroatoms. The van der Waals surface area contributed by atoms with Crippen molar-refractivity contribution >= 4 is 12.1 Å². The number of amides is 1. The van der Waals surface area contributed by atoms with E-state index < -0.39 is 54.6 Å². The van der Waals surface area contributed by atoms with Crippen LogP contribution in [-0.2, 0) is 14.2 Å². The number of alkyl halides is 3. The van der Waals surface area contributed by atoms with Crippen LogP contribution in [0.3, 0.4) is 0 Å². The predicted octanol–water partition coefficient (Wildman–Crippen LogP) is 0.578. The summed E-state index contributed by atoms with van der Waals surface area (Å²) >= 11 is 0. The van der Waals surface area contributed by atoms with Gasteiger partial charge in [0.2, 0.25) is 18.0 Å². The number of aromatic nitrogens is 1. The van der Waals surface area contributed by atoms with E-state index in [4.69, 9.17) is 18.9 Å². The standard InChI is InChI=1S/C18H23F3N4O7/c1-12(18(19,20)21)24-10-22-25-3-2-13(26)15(14(25)16(24)27)31-11-32-17(28)30-9-6-23-4-7-29-8-5-23/h2-3,12,22H,4-11H2,1H3/t12-/m1/s1. The molecule has 1 amide bonds. The molecule has 178 valence electrons. The van der Waals surface area contributed by atoms with Crippen molar-refractivity contribution in [1.29, 1.82) is 0 Å². The molecule has 0 saturated carbocycles. The van der Waals surface area contributed by atoms with Crippen LogP contribution in [0.2, 0.25) is 0 Å². The molecule has 1 saturated heterocycles. The molecule has 0 radical (unpaired) electrons. The highest BCUT2D eigenvalue weighted by molar-refractivity contribution is 5.96. The van der Waals surface area contributed by atoms with Crippen molar-refractivity contribution in [3.8, 4) is 5.75 Å². The molecule has 0 spiro atoms. The van der Waals surface area contributed by atoms with E-state index in [0.29, 0.717) is 24.7 Å². The van der Waals surface area contributed by atoms with E-state index in [1.807, 2.05) is 4.90 Å². The molecule has 3 rings (SSSR count). The first kappa shape index (κ1) is 23.7. The van der Waals surface area contributed by atoms with Crippen molar-refractivity contribution in [3.05, 3.63) is 28.2 Å². The average molecular weight is 464 g/mol. The van der Waals surface area contributed by atoms with Gasteiger partial charge in [0, 0.05) is 31.9 Å². The summed E-state index contributed by atoms with van der Waals surface area (Å²) in [5.74, 6) is -1.61. The lowest BCUT2D eigenvalue weighted by Crippen LogP contribution is -2.54. The van der Waals surface area contributed by atoms with Crippen LogP contribution < -0.4 is 15.6 Å². The van der Waals surface area contributed by atoms with Gasteiger partial charge in [-0.05, 0) is 6.92 Å². The number of ether oxygens (including phenoxy) is 4. The molecule has 1 fully saturated rings. The lowest BCUT2D eigenvalue weighted by atomic mass is 10.2. The van der Waals surface area contributed by atoms with Gasteiger partial charge in [-0.3, -0.25) is 19.2 Å². The summed E-state index contributed by atoms with van der Waals surface area (Å²) in [6, 6.07) is -1.04. The van der Waals surface area contributed by atoms with Crippen LogP contribution in [0, 0.1) is 0 Å². The third kappa shape index (κ3) is 5.62. The second-order valence-corrected chi connectivity index (χ2v) is 7.00. The highest BCUT2D eigenvalue weighted by atomic mass is 19.4. The fourth-order valence-electron chi connectivity index (χ4n) is 3.10. The number of carbonyl (C=O) groups excluding carboxylic acids is 2. The van der Waals surface area contributed by atoms with Gasteiger partial charge in [0.25, 0.3) is 5.91 Å². The van der Waals surface area contributed by atoms with Crippen LogP contribution in [0.5, 0.6) is 5.75 Å². The van der Waals surface area contributed by atoms with Crippen molar-refractivity contribution in [2.75, 3.05) is 58.3 Å². The summed E-state index contributed by atoms with van der Waals surface area (Å²) in [4.78, 5) is 39.1. The Kier molecular flexibility index (Phi) is 7.45. The van der Waals surface area contributed by atoms with E-state index in [1.165, 1.54) is 6.20 Å². The van der Waals surface area contributed by atoms with Gasteiger partial charge in [-0.15, -0.1) is 0 Å². The Hall–Kier alpha value is -3.00. The zero-order chi connectivity index (χ0) is 23.3. The summed E-state index contributed by atoms with van der Waals surface area (Å²) in [6.07, 6.45) is -4.53. The van der Waals surface area contributed by atoms with Gasteiger partial charge in [-0.2, -0.15) is 13.2 Å². The molecular weight excluding hydrogens is 441 g/mol. The Balaban J connectivity index is 1.57. The van der Waals surface area contributed by atoms with E-state index >= 15 is 0 Å². The summed E-state index contributed by atoms with van der Waals surface area (Å²) in [5, 5.41) is 0. The van der Waals surface area contributed by atoms with Gasteiger partial charge in [-0.1, -0.05) is 0 Å². The summed E-state index contributed by atoms with van der Waals surface area (Å²) in [5.41, 5.74) is 1.37. The van der Waals surface area contributed by atoms with E-state index in [2.05, 4.69) is 5.43 Å². The van der Waals surface area contributed by atoms with E-state index in [1.54, 1.807) is 0 Å². The Morgan fingerprint density at radius 3 is 2.66 bits per heavy atom. The number of hydrogen-bond donors (Lipinski definition) is 1. The fraction of sp³-hybridized carbons (Fsp3) is 0.611. The van der Waals surface area contributed by atoms with Crippen molar-refractivity contribution in [2.45, 2.75) is 19.1 Å². The molecule has 0 bridgehead atoms. The maximum atomic E-state index is 13.1. The lowest BCUT2D eigenvalue weighted by Gasteiger charge is -2.36. The van der Waals surface area contributed by atoms with E-state index in [9.17, 15) is 27.6 Å². The minimum Gasteiger partial charge on any atom is -0.451 e. The molecule has 32 heavy (non-hydrogen) atoms. The van der Waals surface area contributed by atoms with Gasteiger partial charge in [-0.25, -0.2) is 4.79 Å². The number of nitrogens with zero attached hydrogens (tertiary/aromatic N) is 3. The van der Waals surface area contributed by atoms with Crippen LogP contribution in [0.15, 0.2) is 17.1 Å². The summed E-state index contributed by atoms with van der Waals surface area (Å²) < 4.78 is 60.3. The monoisotopic (exact) mass is 464 g/mol. The van der Waals surface area contributed by atoms with Crippen molar-refractivity contribution in [3.63, 3.8) is 0 Å². The Labute approximate surface area is 180 Å². The fourth-order valence-corrected chi connectivity index (χ4v) is 3.10. The van der Waals surface area contributed by atoms with Crippen molar-refractivity contribution in [1.82, 2.24) is 14.5 Å². The molecule has 2 aliphatic heterocycles. The van der Waals surface area contributed by atoms with Crippen molar-refractivity contribution in [2.24, 2.45) is 0 Å². The number of fused-ring (bicyclic) bond motifs is 1. The predicted molar refractivity (Wildman–Crippen MR) is 102 cm³/mol. The van der Waals surface area contributed by atoms with Crippen LogP contribution in [0.1, 0.15) is 17.4 Å². The zero-order valence-electron chi connectivity index (χ0n) is 17.2. The average Bonchev–Trinajstić information content (AvgIpc) is 2.75. The van der Waals surface area contributed by atoms with Gasteiger partial charge in [0.15, 0.2) is 5.69 Å². The highest BCUT2D eigenvalue weighted by Gasteiger charge is 2.44. The summed E-state index contributed by atoms with van der Waals surface area (Å²) in [7, 11) is 0. The van der Waals surface area contributed by atoms with Crippen LogP contribution in [0.25, 0.3) is 0 Å². The Bertz CT molecular complexity index is 886. The van der Waals surface area contributed by atoms with Crippen LogP contribution in [0.4, 0.5) is 18.0 Å². The molecular formula is C18H23F3N4O7. The number of carbonyl (C=O) groups is 2. The highest BCUT2D eigenvalue weighted by Crippen LogP contribution is 2.28. The first-order valence-corrected chi connectivity index (χ1v) is 9.78. The molecule has 0 aromatic carbocycles. The first-order chi connectivity index (χ1) is 15.2. The number of morpholine rings is 1. The minimum atomic E-state index is -4.66. The van der Waals surface area contributed by atoms with E-state index in [-0.39, 0.29) is 6.61 Å². The molecule has 1 aromatic heterocycles. The molecule has 1 N–H and O–H groups in total. The number of nitrogens with one attached hydrogen (secondary N) is 1. The second kappa shape index (κ2) is 10.1. The van der Waals surface area contributed by atoms with Gasteiger partial charge < -0.3 is 29.3 Å². The maximum Gasteiger partial charge on any atom is 0.511 e. The molecule has 1 atom stereocenters. The maximum absolute atomic E-state index is 13.1. The minimum absolute atomic E-state index is 0.0644. The van der Waals surface area contributed by atoms with Gasteiger partial charge in [0.05, 0.1) is 13.2 Å². The molecule has 0 aliphatic carbocycles. The van der Waals surface area contributed by atoms with Crippen LogP contribution >= 0.6 is 0 Å². The zero-order valence-corrected chi connectivity index (χ0v) is 17.2.